The molecule has 1 amide bonds. The van der Waals surface area contributed by atoms with E-state index in [0.717, 1.165) is 56.1 Å². The molecule has 0 aliphatic heterocycles. The molecule has 0 aliphatic carbocycles. The molecular formula is C24H27NO4. The van der Waals surface area contributed by atoms with Gasteiger partial charge in [0.15, 0.2) is 0 Å². The first-order chi connectivity index (χ1) is 13.8. The van der Waals surface area contributed by atoms with E-state index in [9.17, 15) is 4.79 Å². The van der Waals surface area contributed by atoms with Crippen molar-refractivity contribution in [3.8, 4) is 11.5 Å². The van der Waals surface area contributed by atoms with Crippen LogP contribution < -0.4 is 14.8 Å². The topological polar surface area (TPSA) is 60.7 Å². The van der Waals surface area contributed by atoms with Gasteiger partial charge in [0.2, 0.25) is 5.91 Å². The number of amides is 1. The fourth-order valence-corrected chi connectivity index (χ4v) is 3.46. The van der Waals surface area contributed by atoms with Crippen molar-refractivity contribution in [1.29, 1.82) is 0 Å². The maximum atomic E-state index is 12.5. The molecule has 5 heteroatoms. The molecular weight excluding hydrogens is 366 g/mol. The Labute approximate surface area is 171 Å². The minimum absolute atomic E-state index is 0.162. The van der Waals surface area contributed by atoms with Crippen LogP contribution in [0, 0.1) is 20.8 Å². The molecule has 5 nitrogen and oxygen atoms in total. The number of benzene rings is 2. The Hall–Kier alpha value is -3.21. The SMILES string of the molecule is COc1cccc(CNC(=O)/C=C(\C)c2cc3c(C)c(C)oc3c(C)c2OC)c1. The van der Waals surface area contributed by atoms with Gasteiger partial charge in [0.1, 0.15) is 22.8 Å². The van der Waals surface area contributed by atoms with Gasteiger partial charge in [-0.3, -0.25) is 4.79 Å². The van der Waals surface area contributed by atoms with Crippen molar-refractivity contribution in [3.63, 3.8) is 0 Å². The smallest absolute Gasteiger partial charge is 0.244 e. The van der Waals surface area contributed by atoms with E-state index < -0.39 is 0 Å². The average molecular weight is 393 g/mol. The minimum atomic E-state index is -0.162. The molecule has 0 aliphatic rings. The lowest BCUT2D eigenvalue weighted by Gasteiger charge is -2.13. The van der Waals surface area contributed by atoms with Crippen molar-refractivity contribution in [3.05, 3.63) is 64.4 Å². The largest absolute Gasteiger partial charge is 0.497 e. The molecule has 0 atom stereocenters. The van der Waals surface area contributed by atoms with E-state index in [1.807, 2.05) is 58.0 Å². The third-order valence-electron chi connectivity index (χ3n) is 5.22. The van der Waals surface area contributed by atoms with Crippen LogP contribution in [-0.4, -0.2) is 20.1 Å². The highest BCUT2D eigenvalue weighted by atomic mass is 16.5. The van der Waals surface area contributed by atoms with Crippen molar-refractivity contribution in [2.45, 2.75) is 34.2 Å². The number of hydrogen-bond acceptors (Lipinski definition) is 4. The number of carbonyl (C=O) groups is 1. The summed E-state index contributed by atoms with van der Waals surface area (Å²) in [6.45, 7) is 8.31. The van der Waals surface area contributed by atoms with E-state index in [0.29, 0.717) is 6.54 Å². The van der Waals surface area contributed by atoms with Crippen LogP contribution in [0.2, 0.25) is 0 Å². The van der Waals surface area contributed by atoms with Crippen LogP contribution in [-0.2, 0) is 11.3 Å². The van der Waals surface area contributed by atoms with E-state index >= 15 is 0 Å². The standard InChI is InChI=1S/C24H27NO4/c1-14(10-22(26)25-13-18-8-7-9-19(11-18)27-5)20-12-21-15(2)17(4)29-24(21)16(3)23(20)28-6/h7-12H,13H2,1-6H3,(H,25,26)/b14-10+. The van der Waals surface area contributed by atoms with Gasteiger partial charge < -0.3 is 19.2 Å². The Kier molecular flexibility index (Phi) is 5.97. The zero-order valence-electron chi connectivity index (χ0n) is 17.8. The van der Waals surface area contributed by atoms with Crippen molar-refractivity contribution < 1.29 is 18.7 Å². The highest BCUT2D eigenvalue weighted by Crippen LogP contribution is 2.38. The highest BCUT2D eigenvalue weighted by molar-refractivity contribution is 5.98. The van der Waals surface area contributed by atoms with E-state index in [1.54, 1.807) is 20.3 Å². The molecule has 1 N–H and O–H groups in total. The summed E-state index contributed by atoms with van der Waals surface area (Å²) in [5.74, 6) is 2.22. The van der Waals surface area contributed by atoms with Gasteiger partial charge in [0.05, 0.1) is 14.2 Å². The number of ether oxygens (including phenoxy) is 2. The first-order valence-corrected chi connectivity index (χ1v) is 9.52. The maximum absolute atomic E-state index is 12.5. The molecule has 1 heterocycles. The molecule has 0 saturated heterocycles. The van der Waals surface area contributed by atoms with Crippen LogP contribution in [0.1, 0.15) is 34.9 Å². The zero-order chi connectivity index (χ0) is 21.1. The average Bonchev–Trinajstić information content (AvgIpc) is 3.01. The second-order valence-electron chi connectivity index (χ2n) is 7.14. The molecule has 3 rings (SSSR count). The number of allylic oxidation sites excluding steroid dienone is 1. The number of rotatable bonds is 6. The van der Waals surface area contributed by atoms with Crippen molar-refractivity contribution in [1.82, 2.24) is 5.32 Å². The summed E-state index contributed by atoms with van der Waals surface area (Å²) in [6, 6.07) is 9.66. The molecule has 2 aromatic carbocycles. The van der Waals surface area contributed by atoms with Gasteiger partial charge >= 0.3 is 0 Å². The van der Waals surface area contributed by atoms with E-state index in [4.69, 9.17) is 13.9 Å². The van der Waals surface area contributed by atoms with Gasteiger partial charge in [-0.1, -0.05) is 12.1 Å². The van der Waals surface area contributed by atoms with Crippen molar-refractivity contribution in [2.75, 3.05) is 14.2 Å². The molecule has 0 unspecified atom stereocenters. The Morgan fingerprint density at radius 2 is 1.86 bits per heavy atom. The Morgan fingerprint density at radius 1 is 1.10 bits per heavy atom. The predicted molar refractivity (Wildman–Crippen MR) is 115 cm³/mol. The molecule has 152 valence electrons. The summed E-state index contributed by atoms with van der Waals surface area (Å²) in [7, 11) is 3.26. The summed E-state index contributed by atoms with van der Waals surface area (Å²) in [6.07, 6.45) is 1.60. The van der Waals surface area contributed by atoms with Crippen LogP contribution in [0.4, 0.5) is 0 Å². The maximum Gasteiger partial charge on any atom is 0.244 e. The minimum Gasteiger partial charge on any atom is -0.497 e. The molecule has 0 bridgehead atoms. The lowest BCUT2D eigenvalue weighted by atomic mass is 9.98. The summed E-state index contributed by atoms with van der Waals surface area (Å²) >= 11 is 0. The van der Waals surface area contributed by atoms with Crippen LogP contribution in [0.3, 0.4) is 0 Å². The Bertz CT molecular complexity index is 1090. The number of furan rings is 1. The first-order valence-electron chi connectivity index (χ1n) is 9.52. The zero-order valence-corrected chi connectivity index (χ0v) is 17.8. The van der Waals surface area contributed by atoms with Crippen LogP contribution in [0.25, 0.3) is 16.5 Å². The third-order valence-corrected chi connectivity index (χ3v) is 5.22. The normalized spacial score (nSPS) is 11.6. The highest BCUT2D eigenvalue weighted by Gasteiger charge is 2.18. The fraction of sp³-hybridized carbons (Fsp3) is 0.292. The molecule has 29 heavy (non-hydrogen) atoms. The number of fused-ring (bicyclic) bond motifs is 1. The fourth-order valence-electron chi connectivity index (χ4n) is 3.46. The van der Waals surface area contributed by atoms with E-state index in [-0.39, 0.29) is 5.91 Å². The lowest BCUT2D eigenvalue weighted by molar-refractivity contribution is -0.116. The van der Waals surface area contributed by atoms with Gasteiger partial charge in [0.25, 0.3) is 0 Å². The number of hydrogen-bond donors (Lipinski definition) is 1. The van der Waals surface area contributed by atoms with Gasteiger partial charge in [-0.05, 0) is 62.6 Å². The van der Waals surface area contributed by atoms with Crippen LogP contribution in [0.5, 0.6) is 11.5 Å². The summed E-state index contributed by atoms with van der Waals surface area (Å²) in [4.78, 5) is 12.5. The second kappa shape index (κ2) is 8.43. The summed E-state index contributed by atoms with van der Waals surface area (Å²) < 4.78 is 16.8. The van der Waals surface area contributed by atoms with Crippen LogP contribution >= 0.6 is 0 Å². The third kappa shape index (κ3) is 4.14. The first kappa shape index (κ1) is 20.5. The van der Waals surface area contributed by atoms with Gasteiger partial charge in [-0.2, -0.15) is 0 Å². The Balaban J connectivity index is 1.87. The van der Waals surface area contributed by atoms with E-state index in [2.05, 4.69) is 5.32 Å². The second-order valence-corrected chi connectivity index (χ2v) is 7.14. The number of aryl methyl sites for hydroxylation is 3. The quantitative estimate of drug-likeness (QED) is 0.592. The van der Waals surface area contributed by atoms with E-state index in [1.165, 1.54) is 0 Å². The van der Waals surface area contributed by atoms with Gasteiger partial charge in [0, 0.05) is 29.1 Å². The molecule has 0 spiro atoms. The molecule has 0 radical (unpaired) electrons. The van der Waals surface area contributed by atoms with Crippen molar-refractivity contribution >= 4 is 22.4 Å². The number of methoxy groups -OCH3 is 2. The molecule has 3 aromatic rings. The Morgan fingerprint density at radius 3 is 2.55 bits per heavy atom. The van der Waals surface area contributed by atoms with Gasteiger partial charge in [-0.15, -0.1) is 0 Å². The molecule has 1 aromatic heterocycles. The monoisotopic (exact) mass is 393 g/mol. The number of nitrogens with one attached hydrogen (secondary N) is 1. The molecule has 0 saturated carbocycles. The summed E-state index contributed by atoms with van der Waals surface area (Å²) in [5.41, 5.74) is 5.55. The van der Waals surface area contributed by atoms with Crippen molar-refractivity contribution in [2.24, 2.45) is 0 Å². The summed E-state index contributed by atoms with van der Waals surface area (Å²) in [5, 5.41) is 3.97. The van der Waals surface area contributed by atoms with Gasteiger partial charge in [-0.25, -0.2) is 0 Å². The lowest BCUT2D eigenvalue weighted by Crippen LogP contribution is -2.20. The molecule has 0 fully saturated rings. The number of carbonyl (C=O) groups excluding carboxylic acids is 1. The van der Waals surface area contributed by atoms with Crippen LogP contribution in [0.15, 0.2) is 40.8 Å². The predicted octanol–water partition coefficient (Wildman–Crippen LogP) is 5.09.